The number of nitrogen functional groups attached to an aromatic ring is 1. The molecule has 2 N–H and O–H groups in total. The number of nitrogens with zero attached hydrogens (tertiary/aromatic N) is 4. The number of hydrogen-bond acceptors (Lipinski definition) is 4. The highest BCUT2D eigenvalue weighted by Gasteiger charge is 2.16. The zero-order chi connectivity index (χ0) is 13.6. The summed E-state index contributed by atoms with van der Waals surface area (Å²) in [6.45, 7) is 3.88. The molecule has 2 aromatic heterocycles. The average molecular weight is 253 g/mol. The maximum absolute atomic E-state index is 5.73. The quantitative estimate of drug-likeness (QED) is 0.722. The lowest BCUT2D eigenvalue weighted by Crippen LogP contribution is -2.02. The summed E-state index contributed by atoms with van der Waals surface area (Å²) < 4.78 is 2.14. The number of rotatable bonds is 1. The van der Waals surface area contributed by atoms with E-state index in [-0.39, 0.29) is 5.95 Å². The predicted octanol–water partition coefficient (Wildman–Crippen LogP) is 2.23. The molecule has 0 bridgehead atoms. The fourth-order valence-electron chi connectivity index (χ4n) is 2.42. The number of aromatic nitrogens is 4. The molecule has 1 aromatic carbocycles. The van der Waals surface area contributed by atoms with Gasteiger partial charge in [-0.2, -0.15) is 9.97 Å². The highest BCUT2D eigenvalue weighted by molar-refractivity contribution is 5.96. The van der Waals surface area contributed by atoms with Gasteiger partial charge in [0.2, 0.25) is 5.95 Å². The van der Waals surface area contributed by atoms with Crippen molar-refractivity contribution in [3.05, 3.63) is 35.8 Å². The molecule has 0 unspecified atom stereocenters. The van der Waals surface area contributed by atoms with E-state index in [1.807, 2.05) is 26.1 Å². The van der Waals surface area contributed by atoms with Crippen LogP contribution in [-0.2, 0) is 7.05 Å². The molecule has 0 aliphatic carbocycles. The van der Waals surface area contributed by atoms with Crippen LogP contribution in [0, 0.1) is 13.8 Å². The molecule has 3 aromatic rings. The summed E-state index contributed by atoms with van der Waals surface area (Å²) in [5.41, 5.74) is 9.03. The van der Waals surface area contributed by atoms with Gasteiger partial charge in [0.25, 0.3) is 0 Å². The summed E-state index contributed by atoms with van der Waals surface area (Å²) in [6.07, 6.45) is 0. The molecule has 0 saturated carbocycles. The Balaban J connectivity index is 2.39. The third-order valence-corrected chi connectivity index (χ3v) is 3.39. The van der Waals surface area contributed by atoms with Crippen molar-refractivity contribution < 1.29 is 0 Å². The zero-order valence-electron chi connectivity index (χ0n) is 11.2. The second-order valence-corrected chi connectivity index (χ2v) is 4.60. The minimum Gasteiger partial charge on any atom is -0.368 e. The van der Waals surface area contributed by atoms with Crippen LogP contribution in [0.3, 0.4) is 0 Å². The second-order valence-electron chi connectivity index (χ2n) is 4.60. The normalized spacial score (nSPS) is 11.1. The van der Waals surface area contributed by atoms with E-state index < -0.39 is 0 Å². The monoisotopic (exact) mass is 253 g/mol. The Hall–Kier alpha value is -2.43. The van der Waals surface area contributed by atoms with Crippen molar-refractivity contribution in [2.24, 2.45) is 7.05 Å². The van der Waals surface area contributed by atoms with E-state index in [1.54, 1.807) is 0 Å². The van der Waals surface area contributed by atoms with Gasteiger partial charge in [-0.05, 0) is 19.9 Å². The van der Waals surface area contributed by atoms with Crippen molar-refractivity contribution in [3.8, 4) is 11.4 Å². The van der Waals surface area contributed by atoms with Crippen LogP contribution in [0.4, 0.5) is 5.95 Å². The molecule has 96 valence electrons. The van der Waals surface area contributed by atoms with Gasteiger partial charge in [-0.3, -0.25) is 0 Å². The Kier molecular flexibility index (Phi) is 2.48. The number of nitrogens with two attached hydrogens (primary N) is 1. The number of para-hydroxylation sites is 1. The maximum atomic E-state index is 5.73. The Labute approximate surface area is 111 Å². The van der Waals surface area contributed by atoms with Gasteiger partial charge in [0.1, 0.15) is 5.82 Å². The van der Waals surface area contributed by atoms with E-state index in [0.717, 1.165) is 22.2 Å². The molecule has 19 heavy (non-hydrogen) atoms. The lowest BCUT2D eigenvalue weighted by Gasteiger charge is -2.03. The average Bonchev–Trinajstić information content (AvgIpc) is 2.61. The Bertz CT molecular complexity index is 753. The van der Waals surface area contributed by atoms with Crippen LogP contribution in [0.2, 0.25) is 0 Å². The number of hydrogen-bond donors (Lipinski definition) is 1. The molecule has 0 aliphatic rings. The van der Waals surface area contributed by atoms with Gasteiger partial charge >= 0.3 is 0 Å². The van der Waals surface area contributed by atoms with Crippen LogP contribution < -0.4 is 5.73 Å². The molecule has 2 heterocycles. The van der Waals surface area contributed by atoms with Gasteiger partial charge in [0, 0.05) is 29.2 Å². The first-order valence-electron chi connectivity index (χ1n) is 6.10. The highest BCUT2D eigenvalue weighted by Crippen LogP contribution is 2.31. The smallest absolute Gasteiger partial charge is 0.223 e. The summed E-state index contributed by atoms with van der Waals surface area (Å²) in [5, 5.41) is 1.13. The van der Waals surface area contributed by atoms with Crippen molar-refractivity contribution in [2.45, 2.75) is 13.8 Å². The fraction of sp³-hybridized carbons (Fsp3) is 0.214. The molecule has 0 fully saturated rings. The van der Waals surface area contributed by atoms with E-state index >= 15 is 0 Å². The van der Waals surface area contributed by atoms with Crippen LogP contribution >= 0.6 is 0 Å². The van der Waals surface area contributed by atoms with Crippen molar-refractivity contribution >= 4 is 16.9 Å². The molecular weight excluding hydrogens is 238 g/mol. The molecule has 5 heteroatoms. The van der Waals surface area contributed by atoms with E-state index in [2.05, 4.69) is 38.6 Å². The maximum Gasteiger partial charge on any atom is 0.223 e. The lowest BCUT2D eigenvalue weighted by molar-refractivity contribution is 0.914. The number of benzene rings is 1. The van der Waals surface area contributed by atoms with Gasteiger partial charge in [-0.25, -0.2) is 4.98 Å². The van der Waals surface area contributed by atoms with E-state index in [0.29, 0.717) is 11.6 Å². The second kappa shape index (κ2) is 4.05. The summed E-state index contributed by atoms with van der Waals surface area (Å²) >= 11 is 0. The highest BCUT2D eigenvalue weighted by atomic mass is 15.1. The number of fused-ring (bicyclic) bond motifs is 1. The van der Waals surface area contributed by atoms with E-state index in [9.17, 15) is 0 Å². The minimum atomic E-state index is 0.259. The third kappa shape index (κ3) is 1.74. The standard InChI is InChI=1S/C14H15N5/c1-8-12(13-16-9(2)17-14(15)18-13)10-6-4-5-7-11(10)19(8)3/h4-7H,1-3H3,(H2,15,16,17,18). The van der Waals surface area contributed by atoms with Crippen molar-refractivity contribution in [3.63, 3.8) is 0 Å². The lowest BCUT2D eigenvalue weighted by atomic mass is 10.1. The van der Waals surface area contributed by atoms with Crippen molar-refractivity contribution in [2.75, 3.05) is 5.73 Å². The summed E-state index contributed by atoms with van der Waals surface area (Å²) in [5.74, 6) is 1.53. The summed E-state index contributed by atoms with van der Waals surface area (Å²) in [6, 6.07) is 8.21. The van der Waals surface area contributed by atoms with Gasteiger partial charge in [-0.1, -0.05) is 18.2 Å². The molecule has 5 nitrogen and oxygen atoms in total. The number of anilines is 1. The van der Waals surface area contributed by atoms with Gasteiger partial charge in [0.15, 0.2) is 5.82 Å². The first-order chi connectivity index (χ1) is 9.08. The molecule has 0 saturated heterocycles. The molecule has 0 atom stereocenters. The Morgan fingerprint density at radius 1 is 1.05 bits per heavy atom. The number of aryl methyl sites for hydroxylation is 2. The minimum absolute atomic E-state index is 0.259. The van der Waals surface area contributed by atoms with Gasteiger partial charge in [0.05, 0.1) is 0 Å². The molecule has 0 spiro atoms. The molecule has 0 aliphatic heterocycles. The Morgan fingerprint density at radius 2 is 1.79 bits per heavy atom. The zero-order valence-corrected chi connectivity index (χ0v) is 11.2. The summed E-state index contributed by atoms with van der Waals surface area (Å²) in [7, 11) is 2.04. The van der Waals surface area contributed by atoms with E-state index in [4.69, 9.17) is 5.73 Å². The molecule has 0 radical (unpaired) electrons. The van der Waals surface area contributed by atoms with Crippen LogP contribution in [-0.4, -0.2) is 19.5 Å². The van der Waals surface area contributed by atoms with Crippen LogP contribution in [0.1, 0.15) is 11.5 Å². The fourth-order valence-corrected chi connectivity index (χ4v) is 2.42. The Morgan fingerprint density at radius 3 is 2.53 bits per heavy atom. The van der Waals surface area contributed by atoms with Crippen LogP contribution in [0.15, 0.2) is 24.3 Å². The third-order valence-electron chi connectivity index (χ3n) is 3.39. The first kappa shape index (κ1) is 11.6. The first-order valence-corrected chi connectivity index (χ1v) is 6.10. The molecule has 0 amide bonds. The van der Waals surface area contributed by atoms with Crippen LogP contribution in [0.25, 0.3) is 22.3 Å². The topological polar surface area (TPSA) is 69.6 Å². The SMILES string of the molecule is Cc1nc(N)nc(-c2c(C)n(C)c3ccccc23)n1. The largest absolute Gasteiger partial charge is 0.368 e. The van der Waals surface area contributed by atoms with E-state index in [1.165, 1.54) is 0 Å². The van der Waals surface area contributed by atoms with Gasteiger partial charge < -0.3 is 10.3 Å². The van der Waals surface area contributed by atoms with Gasteiger partial charge in [-0.15, -0.1) is 0 Å². The summed E-state index contributed by atoms with van der Waals surface area (Å²) in [4.78, 5) is 12.7. The molecular formula is C14H15N5. The van der Waals surface area contributed by atoms with Crippen molar-refractivity contribution in [1.82, 2.24) is 19.5 Å². The predicted molar refractivity (Wildman–Crippen MR) is 75.6 cm³/mol. The van der Waals surface area contributed by atoms with Crippen LogP contribution in [0.5, 0.6) is 0 Å². The molecule has 3 rings (SSSR count). The van der Waals surface area contributed by atoms with Crippen molar-refractivity contribution in [1.29, 1.82) is 0 Å².